The average Bonchev–Trinajstić information content (AvgIpc) is 2.77. The normalized spacial score (nSPS) is 13.0. The molecule has 0 aromatic heterocycles. The Labute approximate surface area is 194 Å². The number of ether oxygens (including phenoxy) is 1. The molecule has 2 aromatic carbocycles. The van der Waals surface area contributed by atoms with Crippen LogP contribution in [0.25, 0.3) is 0 Å². The molecule has 0 aliphatic carbocycles. The molecule has 32 heavy (non-hydrogen) atoms. The Hall–Kier alpha value is -2.12. The second-order valence-electron chi connectivity index (χ2n) is 8.96. The highest BCUT2D eigenvalue weighted by Gasteiger charge is 2.22. The van der Waals surface area contributed by atoms with Crippen LogP contribution in [0.1, 0.15) is 36.8 Å². The lowest BCUT2D eigenvalue weighted by atomic mass is 10.2. The highest BCUT2D eigenvalue weighted by Crippen LogP contribution is 2.48. The molecule has 4 nitrogen and oxygen atoms in total. The molecule has 0 amide bonds. The van der Waals surface area contributed by atoms with E-state index in [0.29, 0.717) is 38.4 Å². The fourth-order valence-corrected chi connectivity index (χ4v) is 5.55. The Balaban J connectivity index is 1.77. The number of carbonyl (C=O) groups is 1. The van der Waals surface area contributed by atoms with Crippen molar-refractivity contribution in [3.8, 4) is 11.5 Å². The van der Waals surface area contributed by atoms with Crippen molar-refractivity contribution < 1.29 is 18.6 Å². The third-order valence-corrected chi connectivity index (χ3v) is 7.88. The molecular formula is C26H35O4PSi. The van der Waals surface area contributed by atoms with E-state index in [4.69, 9.17) is 9.26 Å². The molecular weight excluding hydrogens is 435 g/mol. The van der Waals surface area contributed by atoms with Gasteiger partial charge < -0.3 is 9.26 Å². The largest absolute Gasteiger partial charge is 0.461 e. The molecule has 0 radical (unpaired) electrons. The number of hydrogen-bond acceptors (Lipinski definition) is 4. The maximum atomic E-state index is 13.4. The van der Waals surface area contributed by atoms with E-state index in [-0.39, 0.29) is 5.97 Å². The Morgan fingerprint density at radius 1 is 0.875 bits per heavy atom. The van der Waals surface area contributed by atoms with Crippen molar-refractivity contribution in [3.05, 3.63) is 71.8 Å². The van der Waals surface area contributed by atoms with Gasteiger partial charge in [0, 0.05) is 12.6 Å². The predicted molar refractivity (Wildman–Crippen MR) is 134 cm³/mol. The molecule has 0 N–H and O–H groups in total. The van der Waals surface area contributed by atoms with E-state index in [1.165, 1.54) is 0 Å². The average molecular weight is 471 g/mol. The van der Waals surface area contributed by atoms with Gasteiger partial charge in [-0.3, -0.25) is 9.36 Å². The summed E-state index contributed by atoms with van der Waals surface area (Å²) in [5.74, 6) is 2.95. The fourth-order valence-electron chi connectivity index (χ4n) is 2.99. The zero-order valence-electron chi connectivity index (χ0n) is 19.5. The van der Waals surface area contributed by atoms with Crippen LogP contribution in [-0.2, 0) is 31.8 Å². The molecule has 0 saturated heterocycles. The van der Waals surface area contributed by atoms with Gasteiger partial charge in [0.05, 0.1) is 12.8 Å². The summed E-state index contributed by atoms with van der Waals surface area (Å²) in [7, 11) is -4.38. The number of esters is 1. The molecule has 172 valence electrons. The second kappa shape index (κ2) is 13.4. The number of unbranched alkanes of at least 4 members (excludes halogenated alkanes) is 2. The molecule has 0 aliphatic rings. The maximum Gasteiger partial charge on any atom is 0.306 e. The Bertz CT molecular complexity index is 927. The van der Waals surface area contributed by atoms with Gasteiger partial charge in [0.15, 0.2) is 0 Å². The quantitative estimate of drug-likeness (QED) is 0.114. The highest BCUT2D eigenvalue weighted by atomic mass is 31.2. The zero-order valence-corrected chi connectivity index (χ0v) is 21.4. The molecule has 0 bridgehead atoms. The van der Waals surface area contributed by atoms with E-state index in [9.17, 15) is 9.36 Å². The first kappa shape index (κ1) is 26.1. The molecule has 2 rings (SSSR count). The van der Waals surface area contributed by atoms with Gasteiger partial charge in [0.1, 0.15) is 14.7 Å². The minimum Gasteiger partial charge on any atom is -0.461 e. The Morgan fingerprint density at radius 2 is 1.47 bits per heavy atom. The Kier molecular flexibility index (Phi) is 11.0. The number of carbonyl (C=O) groups excluding carboxylic acids is 1. The molecule has 2 aromatic rings. The third-order valence-electron chi connectivity index (χ3n) is 4.72. The number of benzene rings is 2. The van der Waals surface area contributed by atoms with E-state index in [2.05, 4.69) is 31.1 Å². The molecule has 1 atom stereocenters. The van der Waals surface area contributed by atoms with Crippen molar-refractivity contribution in [2.45, 2.75) is 58.5 Å². The van der Waals surface area contributed by atoms with E-state index < -0.39 is 15.4 Å². The van der Waals surface area contributed by atoms with Crippen molar-refractivity contribution in [1.82, 2.24) is 0 Å². The van der Waals surface area contributed by atoms with Gasteiger partial charge in [-0.2, -0.15) is 0 Å². The minimum absolute atomic E-state index is 0.196. The summed E-state index contributed by atoms with van der Waals surface area (Å²) < 4.78 is 24.7. The lowest BCUT2D eigenvalue weighted by molar-refractivity contribution is -0.145. The van der Waals surface area contributed by atoms with Crippen molar-refractivity contribution in [1.29, 1.82) is 0 Å². The summed E-state index contributed by atoms with van der Waals surface area (Å²) in [4.78, 5) is 12.0. The molecule has 0 saturated carbocycles. The van der Waals surface area contributed by atoms with Crippen LogP contribution in [0.15, 0.2) is 60.7 Å². The van der Waals surface area contributed by atoms with Crippen LogP contribution in [0, 0.1) is 11.5 Å². The van der Waals surface area contributed by atoms with Crippen LogP contribution in [0.2, 0.25) is 19.6 Å². The summed E-state index contributed by atoms with van der Waals surface area (Å²) in [6, 6.07) is 19.5. The first-order chi connectivity index (χ1) is 15.3. The number of rotatable bonds is 12. The second-order valence-corrected chi connectivity index (χ2v) is 16.4. The minimum atomic E-state index is -2.86. The molecule has 6 heteroatoms. The van der Waals surface area contributed by atoms with E-state index in [1.807, 2.05) is 60.7 Å². The van der Waals surface area contributed by atoms with Crippen molar-refractivity contribution in [3.63, 3.8) is 0 Å². The first-order valence-electron chi connectivity index (χ1n) is 11.2. The van der Waals surface area contributed by atoms with Gasteiger partial charge in [-0.25, -0.2) is 0 Å². The van der Waals surface area contributed by atoms with Crippen molar-refractivity contribution in [2.75, 3.05) is 12.3 Å². The molecule has 0 spiro atoms. The molecule has 0 heterocycles. The topological polar surface area (TPSA) is 52.6 Å². The summed E-state index contributed by atoms with van der Waals surface area (Å²) in [6.45, 7) is 7.16. The summed E-state index contributed by atoms with van der Waals surface area (Å²) in [6.07, 6.45) is 3.42. The highest BCUT2D eigenvalue weighted by molar-refractivity contribution is 7.59. The van der Waals surface area contributed by atoms with Crippen molar-refractivity contribution >= 4 is 21.4 Å². The van der Waals surface area contributed by atoms with Crippen LogP contribution in [-0.4, -0.2) is 26.4 Å². The zero-order chi connectivity index (χ0) is 23.3. The molecule has 0 fully saturated rings. The predicted octanol–water partition coefficient (Wildman–Crippen LogP) is 6.67. The summed E-state index contributed by atoms with van der Waals surface area (Å²) in [5.41, 5.74) is 5.28. The van der Waals surface area contributed by atoms with Gasteiger partial charge in [-0.05, 0) is 24.0 Å². The van der Waals surface area contributed by atoms with E-state index >= 15 is 0 Å². The van der Waals surface area contributed by atoms with Crippen LogP contribution in [0.3, 0.4) is 0 Å². The SMILES string of the molecule is C[Si](C)(C)C#CCP(=O)(CCCCCC(=O)OCc1ccccc1)OCc1ccccc1. The van der Waals surface area contributed by atoms with Crippen LogP contribution in [0.5, 0.6) is 0 Å². The maximum absolute atomic E-state index is 13.4. The summed E-state index contributed by atoms with van der Waals surface area (Å²) >= 11 is 0. The van der Waals surface area contributed by atoms with Crippen molar-refractivity contribution in [2.24, 2.45) is 0 Å². The molecule has 0 aliphatic heterocycles. The fraction of sp³-hybridized carbons (Fsp3) is 0.423. The lowest BCUT2D eigenvalue weighted by Gasteiger charge is -2.17. The van der Waals surface area contributed by atoms with Crippen LogP contribution in [0.4, 0.5) is 0 Å². The third kappa shape index (κ3) is 11.5. The monoisotopic (exact) mass is 470 g/mol. The Morgan fingerprint density at radius 3 is 2.06 bits per heavy atom. The van der Waals surface area contributed by atoms with Crippen LogP contribution >= 0.6 is 7.37 Å². The lowest BCUT2D eigenvalue weighted by Crippen LogP contribution is -2.16. The van der Waals surface area contributed by atoms with Gasteiger partial charge in [-0.1, -0.05) is 86.7 Å². The van der Waals surface area contributed by atoms with E-state index in [1.54, 1.807) is 0 Å². The van der Waals surface area contributed by atoms with Gasteiger partial charge in [0.2, 0.25) is 7.37 Å². The molecule has 1 unspecified atom stereocenters. The van der Waals surface area contributed by atoms with Crippen LogP contribution < -0.4 is 0 Å². The summed E-state index contributed by atoms with van der Waals surface area (Å²) in [5, 5.41) is 0. The van der Waals surface area contributed by atoms with E-state index in [0.717, 1.165) is 24.0 Å². The standard InChI is InChI=1S/C26H35O4PSi/c1-32(2,3)21-13-20-31(28,30-23-25-16-9-5-10-17-25)19-12-6-11-18-26(27)29-22-24-14-7-4-8-15-24/h4-5,7-10,14-17H,6,11-12,18-20,22-23H2,1-3H3. The first-order valence-corrected chi connectivity index (χ1v) is 16.7. The number of hydrogen-bond donors (Lipinski definition) is 0. The van der Waals surface area contributed by atoms with Gasteiger partial charge >= 0.3 is 5.97 Å². The van der Waals surface area contributed by atoms with Gasteiger partial charge in [0.25, 0.3) is 0 Å². The smallest absolute Gasteiger partial charge is 0.306 e. The van der Waals surface area contributed by atoms with Gasteiger partial charge in [-0.15, -0.1) is 11.5 Å².